The summed E-state index contributed by atoms with van der Waals surface area (Å²) in [6, 6.07) is 18.0. The van der Waals surface area contributed by atoms with Gasteiger partial charge in [-0.05, 0) is 23.6 Å². The molecule has 1 aliphatic heterocycles. The summed E-state index contributed by atoms with van der Waals surface area (Å²) in [5, 5.41) is 2.98. The number of halogens is 3. The van der Waals surface area contributed by atoms with Gasteiger partial charge in [0.1, 0.15) is 0 Å². The average molecular weight is 405 g/mol. The van der Waals surface area contributed by atoms with Crippen LogP contribution in [0.2, 0.25) is 0 Å². The van der Waals surface area contributed by atoms with Crippen LogP contribution in [0.25, 0.3) is 11.1 Å². The molecule has 2 aromatic carbocycles. The summed E-state index contributed by atoms with van der Waals surface area (Å²) in [6.45, 7) is 2.81. The molecule has 29 heavy (non-hydrogen) atoms. The summed E-state index contributed by atoms with van der Waals surface area (Å²) < 4.78 is 37.4. The van der Waals surface area contributed by atoms with Crippen molar-refractivity contribution in [3.05, 3.63) is 60.2 Å². The zero-order valence-corrected chi connectivity index (χ0v) is 16.5. The Kier molecular flexibility index (Phi) is 6.92. The third kappa shape index (κ3) is 6.58. The first-order valence-corrected chi connectivity index (χ1v) is 9.76. The van der Waals surface area contributed by atoms with E-state index in [4.69, 9.17) is 0 Å². The molecule has 156 valence electrons. The van der Waals surface area contributed by atoms with Crippen molar-refractivity contribution < 1.29 is 18.0 Å². The number of rotatable bonds is 6. The van der Waals surface area contributed by atoms with E-state index in [2.05, 4.69) is 17.4 Å². The smallest absolute Gasteiger partial charge is 0.348 e. The van der Waals surface area contributed by atoms with Crippen LogP contribution in [0, 0.1) is 0 Å². The third-order valence-corrected chi connectivity index (χ3v) is 5.13. The molecule has 1 saturated heterocycles. The van der Waals surface area contributed by atoms with Crippen LogP contribution in [0.5, 0.6) is 0 Å². The van der Waals surface area contributed by atoms with Crippen molar-refractivity contribution in [3.63, 3.8) is 0 Å². The van der Waals surface area contributed by atoms with Crippen LogP contribution < -0.4 is 5.32 Å². The lowest BCUT2D eigenvalue weighted by atomic mass is 10.0. The zero-order valence-electron chi connectivity index (χ0n) is 16.5. The maximum absolute atomic E-state index is 12.5. The Hall–Kier alpha value is -2.38. The number of carbonyl (C=O) groups excluding carboxylic acids is 1. The topological polar surface area (TPSA) is 35.6 Å². The minimum absolute atomic E-state index is 0.117. The van der Waals surface area contributed by atoms with E-state index in [0.29, 0.717) is 26.2 Å². The molecule has 0 radical (unpaired) electrons. The molecule has 4 nitrogen and oxygen atoms in total. The maximum Gasteiger partial charge on any atom is 0.401 e. The molecule has 0 bridgehead atoms. The van der Waals surface area contributed by atoms with E-state index < -0.39 is 12.7 Å². The van der Waals surface area contributed by atoms with Crippen molar-refractivity contribution >= 4 is 5.91 Å². The molecule has 2 aromatic rings. The van der Waals surface area contributed by atoms with E-state index in [9.17, 15) is 18.0 Å². The second-order valence-corrected chi connectivity index (χ2v) is 7.44. The Bertz CT molecular complexity index is 785. The Labute approximate surface area is 169 Å². The summed E-state index contributed by atoms with van der Waals surface area (Å²) in [4.78, 5) is 15.6. The van der Waals surface area contributed by atoms with Crippen LogP contribution in [0.4, 0.5) is 13.2 Å². The quantitative estimate of drug-likeness (QED) is 0.796. The first-order valence-electron chi connectivity index (χ1n) is 9.76. The molecule has 7 heteroatoms. The van der Waals surface area contributed by atoms with Crippen molar-refractivity contribution in [1.29, 1.82) is 0 Å². The molecule has 3 rings (SSSR count). The Balaban J connectivity index is 1.46. The number of carbonyl (C=O) groups is 1. The predicted octanol–water partition coefficient (Wildman–Crippen LogP) is 3.71. The summed E-state index contributed by atoms with van der Waals surface area (Å²) in [5.41, 5.74) is 3.26. The number of alkyl halides is 3. The van der Waals surface area contributed by atoms with Gasteiger partial charge < -0.3 is 5.32 Å². The molecule has 0 unspecified atom stereocenters. The molecule has 1 heterocycles. The first kappa shape index (κ1) is 21.3. The van der Waals surface area contributed by atoms with Gasteiger partial charge in [0.15, 0.2) is 0 Å². The van der Waals surface area contributed by atoms with E-state index in [1.165, 1.54) is 4.90 Å². The zero-order chi connectivity index (χ0) is 20.9. The van der Waals surface area contributed by atoms with Gasteiger partial charge in [-0.15, -0.1) is 0 Å². The van der Waals surface area contributed by atoms with Crippen LogP contribution >= 0.6 is 0 Å². The van der Waals surface area contributed by atoms with E-state index in [0.717, 1.165) is 16.7 Å². The number of nitrogens with one attached hydrogen (secondary N) is 1. The Morgan fingerprint density at radius 2 is 1.48 bits per heavy atom. The summed E-state index contributed by atoms with van der Waals surface area (Å²) in [7, 11) is 0. The molecule has 0 aromatic heterocycles. The van der Waals surface area contributed by atoms with E-state index in [1.807, 2.05) is 54.3 Å². The monoisotopic (exact) mass is 405 g/mol. The first-order chi connectivity index (χ1) is 13.8. The van der Waals surface area contributed by atoms with Crippen molar-refractivity contribution in [2.45, 2.75) is 19.1 Å². The summed E-state index contributed by atoms with van der Waals surface area (Å²) in [6.07, 6.45) is -4.18. The highest BCUT2D eigenvalue weighted by atomic mass is 19.4. The van der Waals surface area contributed by atoms with Crippen molar-refractivity contribution in [3.8, 4) is 11.1 Å². The van der Waals surface area contributed by atoms with E-state index in [1.54, 1.807) is 0 Å². The molecular weight excluding hydrogens is 379 g/mol. The van der Waals surface area contributed by atoms with Crippen LogP contribution in [0.3, 0.4) is 0 Å². The second kappa shape index (κ2) is 9.41. The van der Waals surface area contributed by atoms with E-state index >= 15 is 0 Å². The largest absolute Gasteiger partial charge is 0.401 e. The van der Waals surface area contributed by atoms with Gasteiger partial charge in [-0.2, -0.15) is 13.2 Å². The molecule has 1 amide bonds. The van der Waals surface area contributed by atoms with Crippen molar-refractivity contribution in [1.82, 2.24) is 15.1 Å². The van der Waals surface area contributed by atoms with Gasteiger partial charge in [0.2, 0.25) is 5.91 Å². The highest BCUT2D eigenvalue weighted by molar-refractivity contribution is 5.78. The molecule has 1 N–H and O–H groups in total. The molecule has 0 aliphatic carbocycles. The summed E-state index contributed by atoms with van der Waals surface area (Å²) >= 11 is 0. The predicted molar refractivity (Wildman–Crippen MR) is 107 cm³/mol. The molecule has 1 fully saturated rings. The van der Waals surface area contributed by atoms with Crippen LogP contribution in [-0.4, -0.2) is 61.2 Å². The van der Waals surface area contributed by atoms with Crippen LogP contribution in [-0.2, 0) is 4.79 Å². The fraction of sp³-hybridized carbons (Fsp3) is 0.409. The third-order valence-electron chi connectivity index (χ3n) is 5.13. The molecule has 1 atom stereocenters. The van der Waals surface area contributed by atoms with Gasteiger partial charge >= 0.3 is 6.18 Å². The Morgan fingerprint density at radius 1 is 0.931 bits per heavy atom. The number of nitrogens with zero attached hydrogens (tertiary/aromatic N) is 2. The van der Waals surface area contributed by atoms with Gasteiger partial charge in [-0.3, -0.25) is 14.6 Å². The lowest BCUT2D eigenvalue weighted by Crippen LogP contribution is -2.51. The minimum atomic E-state index is -4.18. The number of hydrogen-bond acceptors (Lipinski definition) is 3. The van der Waals surface area contributed by atoms with Gasteiger partial charge in [0, 0.05) is 26.2 Å². The van der Waals surface area contributed by atoms with Gasteiger partial charge in [0.05, 0.1) is 19.1 Å². The van der Waals surface area contributed by atoms with Crippen molar-refractivity contribution in [2.24, 2.45) is 0 Å². The highest BCUT2D eigenvalue weighted by Crippen LogP contribution is 2.22. The molecule has 0 saturated carbocycles. The van der Waals surface area contributed by atoms with Crippen molar-refractivity contribution in [2.75, 3.05) is 39.3 Å². The van der Waals surface area contributed by atoms with Gasteiger partial charge in [0.25, 0.3) is 0 Å². The van der Waals surface area contributed by atoms with Crippen LogP contribution in [0.1, 0.15) is 18.5 Å². The standard InChI is InChI=1S/C22H26F3N3O/c1-17(18-7-9-20(10-8-18)19-5-3-2-4-6-19)26-21(29)15-27-11-13-28(14-12-27)16-22(23,24)25/h2-10,17H,11-16H2,1H3,(H,26,29)/t17-/m0/s1. The number of hydrogen-bond donors (Lipinski definition) is 1. The van der Waals surface area contributed by atoms with Crippen LogP contribution in [0.15, 0.2) is 54.6 Å². The molecular formula is C22H26F3N3O. The number of amides is 1. The molecule has 0 spiro atoms. The lowest BCUT2D eigenvalue weighted by molar-refractivity contribution is -0.150. The fourth-order valence-corrected chi connectivity index (χ4v) is 3.53. The second-order valence-electron chi connectivity index (χ2n) is 7.44. The Morgan fingerprint density at radius 3 is 2.07 bits per heavy atom. The minimum Gasteiger partial charge on any atom is -0.348 e. The SMILES string of the molecule is C[C@H](NC(=O)CN1CCN(CC(F)(F)F)CC1)c1ccc(-c2ccccc2)cc1. The van der Waals surface area contributed by atoms with E-state index in [-0.39, 0.29) is 18.5 Å². The summed E-state index contributed by atoms with van der Waals surface area (Å²) in [5.74, 6) is -0.117. The average Bonchev–Trinajstić information content (AvgIpc) is 2.69. The highest BCUT2D eigenvalue weighted by Gasteiger charge is 2.32. The lowest BCUT2D eigenvalue weighted by Gasteiger charge is -2.34. The van der Waals surface area contributed by atoms with Gasteiger partial charge in [-0.1, -0.05) is 54.6 Å². The maximum atomic E-state index is 12.5. The fourth-order valence-electron chi connectivity index (χ4n) is 3.53. The molecule has 1 aliphatic rings. The number of piperazine rings is 1. The normalized spacial score (nSPS) is 17.1. The van der Waals surface area contributed by atoms with Gasteiger partial charge in [-0.25, -0.2) is 0 Å². The number of benzene rings is 2.